The number of carbonyl (C=O) groups excluding carboxylic acids is 1. The predicted molar refractivity (Wildman–Crippen MR) is 143 cm³/mol. The van der Waals surface area contributed by atoms with Crippen LogP contribution in [0.3, 0.4) is 0 Å². The fourth-order valence-electron chi connectivity index (χ4n) is 4.43. The first-order chi connectivity index (χ1) is 17.3. The van der Waals surface area contributed by atoms with Crippen molar-refractivity contribution in [3.8, 4) is 11.4 Å². The maximum absolute atomic E-state index is 13.6. The Morgan fingerprint density at radius 1 is 0.944 bits per heavy atom. The standard InChI is InChI=1S/C28H26N4O3S/c1-16-10-11-25(35-5)23(12-16)31-26(34)20-8-6-7-9-22(20)32-27(31)29-30-28(32)36-15-24(33)21-14-18(3)17(2)13-19(21)4/h6-14H,15H2,1-5H3. The number of hydrogen-bond donors (Lipinski definition) is 0. The second-order valence-corrected chi connectivity index (χ2v) is 9.86. The fourth-order valence-corrected chi connectivity index (χ4v) is 5.26. The molecule has 0 fully saturated rings. The third-order valence-corrected chi connectivity index (χ3v) is 7.37. The molecular weight excluding hydrogens is 472 g/mol. The summed E-state index contributed by atoms with van der Waals surface area (Å²) in [6, 6.07) is 17.0. The van der Waals surface area contributed by atoms with Crippen molar-refractivity contribution in [2.24, 2.45) is 0 Å². The Balaban J connectivity index is 1.65. The van der Waals surface area contributed by atoms with Gasteiger partial charge in [0.05, 0.1) is 29.5 Å². The van der Waals surface area contributed by atoms with E-state index in [1.165, 1.54) is 16.3 Å². The van der Waals surface area contributed by atoms with E-state index in [1.807, 2.05) is 80.6 Å². The van der Waals surface area contributed by atoms with Gasteiger partial charge in [0, 0.05) is 5.56 Å². The largest absolute Gasteiger partial charge is 0.495 e. The monoisotopic (exact) mass is 498 g/mol. The van der Waals surface area contributed by atoms with E-state index in [2.05, 4.69) is 10.2 Å². The SMILES string of the molecule is COc1ccc(C)cc1-n1c(=O)c2ccccc2n2c(SCC(=O)c3cc(C)c(C)cc3C)nnc12. The number of rotatable bonds is 6. The number of aryl methyl sites for hydroxylation is 4. The zero-order valence-electron chi connectivity index (χ0n) is 20.8. The smallest absolute Gasteiger partial charge is 0.267 e. The lowest BCUT2D eigenvalue weighted by Crippen LogP contribution is -2.22. The molecule has 0 amide bonds. The zero-order valence-corrected chi connectivity index (χ0v) is 21.6. The summed E-state index contributed by atoms with van der Waals surface area (Å²) < 4.78 is 8.93. The molecule has 7 nitrogen and oxygen atoms in total. The number of hydrogen-bond acceptors (Lipinski definition) is 6. The van der Waals surface area contributed by atoms with Gasteiger partial charge in [-0.1, -0.05) is 36.0 Å². The summed E-state index contributed by atoms with van der Waals surface area (Å²) in [4.78, 5) is 26.8. The second kappa shape index (κ2) is 9.28. The van der Waals surface area contributed by atoms with E-state index in [0.717, 1.165) is 22.3 Å². The van der Waals surface area contributed by atoms with Gasteiger partial charge in [-0.3, -0.25) is 14.0 Å². The summed E-state index contributed by atoms with van der Waals surface area (Å²) in [6.07, 6.45) is 0. The molecule has 0 saturated carbocycles. The molecule has 0 spiro atoms. The van der Waals surface area contributed by atoms with Crippen molar-refractivity contribution in [3.05, 3.63) is 92.8 Å². The molecule has 0 N–H and O–H groups in total. The van der Waals surface area contributed by atoms with E-state index < -0.39 is 0 Å². The minimum Gasteiger partial charge on any atom is -0.495 e. The topological polar surface area (TPSA) is 78.5 Å². The molecule has 0 bridgehead atoms. The van der Waals surface area contributed by atoms with Gasteiger partial charge < -0.3 is 4.74 Å². The molecular formula is C28H26N4O3S. The summed E-state index contributed by atoms with van der Waals surface area (Å²) in [6.45, 7) is 7.97. The van der Waals surface area contributed by atoms with Gasteiger partial charge >= 0.3 is 0 Å². The number of benzene rings is 3. The molecule has 0 unspecified atom stereocenters. The first-order valence-electron chi connectivity index (χ1n) is 11.6. The minimum absolute atomic E-state index is 0.0235. The Morgan fingerprint density at radius 2 is 1.69 bits per heavy atom. The molecule has 3 aromatic carbocycles. The first kappa shape index (κ1) is 23.8. The molecule has 0 aliphatic heterocycles. The van der Waals surface area contributed by atoms with Crippen molar-refractivity contribution >= 4 is 34.2 Å². The van der Waals surface area contributed by atoms with Gasteiger partial charge in [0.15, 0.2) is 10.9 Å². The van der Waals surface area contributed by atoms with Crippen molar-refractivity contribution in [1.82, 2.24) is 19.2 Å². The lowest BCUT2D eigenvalue weighted by atomic mass is 9.99. The number of carbonyl (C=O) groups is 1. The van der Waals surface area contributed by atoms with Crippen molar-refractivity contribution in [2.75, 3.05) is 12.9 Å². The number of ether oxygens (including phenoxy) is 1. The molecule has 0 atom stereocenters. The van der Waals surface area contributed by atoms with Gasteiger partial charge in [-0.05, 0) is 80.3 Å². The van der Waals surface area contributed by atoms with Crippen molar-refractivity contribution in [1.29, 1.82) is 0 Å². The lowest BCUT2D eigenvalue weighted by molar-refractivity contribution is 0.102. The van der Waals surface area contributed by atoms with Crippen LogP contribution in [-0.4, -0.2) is 37.8 Å². The minimum atomic E-state index is -0.215. The van der Waals surface area contributed by atoms with Crippen LogP contribution < -0.4 is 10.3 Å². The third kappa shape index (κ3) is 3.97. The van der Waals surface area contributed by atoms with Crippen LogP contribution in [0, 0.1) is 27.7 Å². The van der Waals surface area contributed by atoms with Gasteiger partial charge in [-0.15, -0.1) is 10.2 Å². The van der Waals surface area contributed by atoms with Crippen LogP contribution in [0.4, 0.5) is 0 Å². The highest BCUT2D eigenvalue weighted by Crippen LogP contribution is 2.28. The van der Waals surface area contributed by atoms with Gasteiger partial charge in [-0.2, -0.15) is 0 Å². The lowest BCUT2D eigenvalue weighted by Gasteiger charge is -2.14. The first-order valence-corrected chi connectivity index (χ1v) is 12.6. The quantitative estimate of drug-likeness (QED) is 0.235. The van der Waals surface area contributed by atoms with Crippen molar-refractivity contribution < 1.29 is 9.53 Å². The normalized spacial score (nSPS) is 11.4. The number of methoxy groups -OCH3 is 1. The molecule has 0 saturated heterocycles. The van der Waals surface area contributed by atoms with E-state index in [0.29, 0.717) is 38.8 Å². The third-order valence-electron chi connectivity index (χ3n) is 6.44. The summed E-state index contributed by atoms with van der Waals surface area (Å²) in [5.41, 5.74) is 5.96. The average molecular weight is 499 g/mol. The van der Waals surface area contributed by atoms with Crippen LogP contribution in [0.1, 0.15) is 32.6 Å². The van der Waals surface area contributed by atoms with Gasteiger partial charge in [-0.25, -0.2) is 4.57 Å². The molecule has 2 heterocycles. The summed E-state index contributed by atoms with van der Waals surface area (Å²) in [7, 11) is 1.57. The van der Waals surface area contributed by atoms with E-state index >= 15 is 0 Å². The maximum atomic E-state index is 13.6. The zero-order chi connectivity index (χ0) is 25.6. The highest BCUT2D eigenvalue weighted by atomic mass is 32.2. The predicted octanol–water partition coefficient (Wildman–Crippen LogP) is 5.25. The van der Waals surface area contributed by atoms with E-state index in [4.69, 9.17) is 4.74 Å². The van der Waals surface area contributed by atoms with Crippen LogP contribution in [0.25, 0.3) is 22.4 Å². The number of aromatic nitrogens is 4. The molecule has 8 heteroatoms. The van der Waals surface area contributed by atoms with Gasteiger partial charge in [0.25, 0.3) is 5.56 Å². The number of para-hydroxylation sites is 1. The molecule has 0 aliphatic carbocycles. The summed E-state index contributed by atoms with van der Waals surface area (Å²) >= 11 is 1.31. The fraction of sp³-hybridized carbons (Fsp3) is 0.214. The van der Waals surface area contributed by atoms with Crippen LogP contribution in [-0.2, 0) is 0 Å². The van der Waals surface area contributed by atoms with Gasteiger partial charge in [0.1, 0.15) is 5.75 Å². The molecule has 36 heavy (non-hydrogen) atoms. The average Bonchev–Trinajstić information content (AvgIpc) is 3.29. The van der Waals surface area contributed by atoms with Gasteiger partial charge in [0.2, 0.25) is 5.78 Å². The number of ketones is 1. The molecule has 0 aliphatic rings. The number of thioether (sulfide) groups is 1. The van der Waals surface area contributed by atoms with Crippen molar-refractivity contribution in [3.63, 3.8) is 0 Å². The summed E-state index contributed by atoms with van der Waals surface area (Å²) in [5.74, 6) is 1.14. The van der Waals surface area contributed by atoms with Crippen LogP contribution in [0.15, 0.2) is 64.5 Å². The molecule has 2 aromatic heterocycles. The Morgan fingerprint density at radius 3 is 2.47 bits per heavy atom. The second-order valence-electron chi connectivity index (χ2n) is 8.91. The molecule has 5 aromatic rings. The summed E-state index contributed by atoms with van der Waals surface area (Å²) in [5, 5.41) is 9.85. The van der Waals surface area contributed by atoms with Crippen LogP contribution in [0.2, 0.25) is 0 Å². The number of fused-ring (bicyclic) bond motifs is 3. The van der Waals surface area contributed by atoms with E-state index in [9.17, 15) is 9.59 Å². The number of nitrogens with zero attached hydrogens (tertiary/aromatic N) is 4. The van der Waals surface area contributed by atoms with E-state index in [1.54, 1.807) is 13.2 Å². The Labute approximate surface area is 212 Å². The molecule has 182 valence electrons. The molecule has 5 rings (SSSR count). The molecule has 0 radical (unpaired) electrons. The maximum Gasteiger partial charge on any atom is 0.267 e. The van der Waals surface area contributed by atoms with E-state index in [-0.39, 0.29) is 17.1 Å². The Hall–Kier alpha value is -3.91. The highest BCUT2D eigenvalue weighted by Gasteiger charge is 2.21. The van der Waals surface area contributed by atoms with Crippen LogP contribution in [0.5, 0.6) is 5.75 Å². The van der Waals surface area contributed by atoms with Crippen LogP contribution >= 0.6 is 11.8 Å². The Kier molecular flexibility index (Phi) is 6.14. The number of Topliss-reactive ketones (excluding diaryl/α,β-unsaturated/α-hetero) is 1. The Bertz CT molecular complexity index is 1720. The highest BCUT2D eigenvalue weighted by molar-refractivity contribution is 7.99. The van der Waals surface area contributed by atoms with Crippen molar-refractivity contribution in [2.45, 2.75) is 32.9 Å².